The fourth-order valence-corrected chi connectivity index (χ4v) is 3.24. The largest absolute Gasteiger partial charge is 0.481 e. The molecular weight excluding hydrogens is 297 g/mol. The van der Waals surface area contributed by atoms with Crippen LogP contribution in [0.25, 0.3) is 0 Å². The van der Waals surface area contributed by atoms with E-state index in [1.165, 1.54) is 12.1 Å². The number of aliphatic carboxylic acids is 1. The second kappa shape index (κ2) is 7.51. The Morgan fingerprint density at radius 1 is 1.38 bits per heavy atom. The molecule has 0 aliphatic heterocycles. The van der Waals surface area contributed by atoms with Crippen molar-refractivity contribution in [2.75, 3.05) is 6.54 Å². The van der Waals surface area contributed by atoms with Crippen LogP contribution in [0, 0.1) is 17.7 Å². The lowest BCUT2D eigenvalue weighted by Crippen LogP contribution is -2.31. The van der Waals surface area contributed by atoms with Gasteiger partial charge in [-0.15, -0.1) is 0 Å². The van der Waals surface area contributed by atoms with E-state index >= 15 is 0 Å². The number of nitrogens with one attached hydrogen (secondary N) is 1. The number of hydrogen-bond acceptors (Lipinski definition) is 3. The van der Waals surface area contributed by atoms with E-state index in [4.69, 9.17) is 5.11 Å². The van der Waals surface area contributed by atoms with Gasteiger partial charge in [-0.2, -0.15) is 0 Å². The maximum atomic E-state index is 13.1. The van der Waals surface area contributed by atoms with Crippen LogP contribution in [0.4, 0.5) is 4.39 Å². The third-order valence-electron chi connectivity index (χ3n) is 2.94. The molecule has 0 radical (unpaired) electrons. The summed E-state index contributed by atoms with van der Waals surface area (Å²) in [7, 11) is -3.83. The number of hydrogen-bond donors (Lipinski definition) is 2. The van der Waals surface area contributed by atoms with Crippen LogP contribution in [0.1, 0.15) is 26.7 Å². The van der Waals surface area contributed by atoms with Crippen molar-refractivity contribution in [2.45, 2.75) is 31.6 Å². The van der Waals surface area contributed by atoms with Gasteiger partial charge in [0.2, 0.25) is 10.0 Å². The van der Waals surface area contributed by atoms with Crippen molar-refractivity contribution in [1.29, 1.82) is 0 Å². The lowest BCUT2D eigenvalue weighted by atomic mass is 9.94. The van der Waals surface area contributed by atoms with Gasteiger partial charge in [-0.25, -0.2) is 17.5 Å². The van der Waals surface area contributed by atoms with Gasteiger partial charge in [0, 0.05) is 13.0 Å². The van der Waals surface area contributed by atoms with Crippen LogP contribution >= 0.6 is 0 Å². The van der Waals surface area contributed by atoms with Crippen LogP contribution in [-0.2, 0) is 14.8 Å². The van der Waals surface area contributed by atoms with Crippen molar-refractivity contribution < 1.29 is 22.7 Å². The molecular formula is C14H20FNO4S. The molecule has 0 aliphatic rings. The Balaban J connectivity index is 2.75. The molecule has 2 N–H and O–H groups in total. The summed E-state index contributed by atoms with van der Waals surface area (Å²) in [6.07, 6.45) is 0.488. The van der Waals surface area contributed by atoms with Gasteiger partial charge >= 0.3 is 5.97 Å². The molecule has 1 rings (SSSR count). The zero-order chi connectivity index (χ0) is 16.0. The Morgan fingerprint density at radius 2 is 2.05 bits per heavy atom. The maximum absolute atomic E-state index is 13.1. The average Bonchev–Trinajstić information content (AvgIpc) is 2.35. The SMILES string of the molecule is CC(C)C[C@H](CNS(=O)(=O)c1cccc(F)c1)CC(=O)O. The van der Waals surface area contributed by atoms with Gasteiger partial charge in [0.25, 0.3) is 0 Å². The number of rotatable bonds is 8. The Bertz CT molecular complexity index is 586. The fraction of sp³-hybridized carbons (Fsp3) is 0.500. The van der Waals surface area contributed by atoms with E-state index in [0.29, 0.717) is 6.42 Å². The van der Waals surface area contributed by atoms with Crippen molar-refractivity contribution in [1.82, 2.24) is 4.72 Å². The number of sulfonamides is 1. The van der Waals surface area contributed by atoms with Gasteiger partial charge in [0.05, 0.1) is 4.90 Å². The van der Waals surface area contributed by atoms with Crippen molar-refractivity contribution in [2.24, 2.45) is 11.8 Å². The van der Waals surface area contributed by atoms with E-state index in [2.05, 4.69) is 4.72 Å². The summed E-state index contributed by atoms with van der Waals surface area (Å²) in [5.41, 5.74) is 0. The Kier molecular flexibility index (Phi) is 6.29. The molecule has 7 heteroatoms. The van der Waals surface area contributed by atoms with E-state index in [1.54, 1.807) is 0 Å². The van der Waals surface area contributed by atoms with Crippen LogP contribution in [-0.4, -0.2) is 26.0 Å². The molecule has 1 atom stereocenters. The summed E-state index contributed by atoms with van der Waals surface area (Å²) in [6.45, 7) is 3.90. The van der Waals surface area contributed by atoms with Gasteiger partial charge in [-0.1, -0.05) is 19.9 Å². The van der Waals surface area contributed by atoms with Gasteiger partial charge in [0.15, 0.2) is 0 Å². The summed E-state index contributed by atoms with van der Waals surface area (Å²) < 4.78 is 39.5. The molecule has 1 aromatic carbocycles. The molecule has 0 saturated heterocycles. The molecule has 0 bridgehead atoms. The lowest BCUT2D eigenvalue weighted by molar-refractivity contribution is -0.138. The van der Waals surface area contributed by atoms with Crippen LogP contribution in [0.15, 0.2) is 29.2 Å². The third kappa shape index (κ3) is 6.22. The number of carboxylic acid groups (broad SMARTS) is 1. The highest BCUT2D eigenvalue weighted by Crippen LogP contribution is 2.16. The number of carbonyl (C=O) groups is 1. The molecule has 0 fully saturated rings. The van der Waals surface area contributed by atoms with Crippen molar-refractivity contribution in [3.8, 4) is 0 Å². The molecule has 0 unspecified atom stereocenters. The molecule has 0 heterocycles. The highest BCUT2D eigenvalue weighted by atomic mass is 32.2. The number of halogens is 1. The quantitative estimate of drug-likeness (QED) is 0.770. The first-order valence-corrected chi connectivity index (χ1v) is 8.16. The third-order valence-corrected chi connectivity index (χ3v) is 4.36. The van der Waals surface area contributed by atoms with Gasteiger partial charge in [-0.05, 0) is 36.5 Å². The molecule has 0 aromatic heterocycles. The van der Waals surface area contributed by atoms with E-state index in [0.717, 1.165) is 12.1 Å². The minimum absolute atomic E-state index is 0.0172. The zero-order valence-corrected chi connectivity index (χ0v) is 12.9. The van der Waals surface area contributed by atoms with E-state index in [9.17, 15) is 17.6 Å². The van der Waals surface area contributed by atoms with Crippen LogP contribution in [0.2, 0.25) is 0 Å². The minimum Gasteiger partial charge on any atom is -0.481 e. The summed E-state index contributed by atoms with van der Waals surface area (Å²) in [5.74, 6) is -1.65. The lowest BCUT2D eigenvalue weighted by Gasteiger charge is -2.17. The Hall–Kier alpha value is -1.47. The van der Waals surface area contributed by atoms with Crippen molar-refractivity contribution in [3.63, 3.8) is 0 Å². The number of carboxylic acids is 1. The van der Waals surface area contributed by atoms with Gasteiger partial charge < -0.3 is 5.11 Å². The first kappa shape index (κ1) is 17.6. The topological polar surface area (TPSA) is 83.5 Å². The highest BCUT2D eigenvalue weighted by Gasteiger charge is 2.20. The molecule has 5 nitrogen and oxygen atoms in total. The predicted octanol–water partition coefficient (Wildman–Crippen LogP) is 2.24. The van der Waals surface area contributed by atoms with Crippen LogP contribution in [0.3, 0.4) is 0 Å². The Morgan fingerprint density at radius 3 is 2.57 bits per heavy atom. The summed E-state index contributed by atoms with van der Waals surface area (Å²) in [5, 5.41) is 8.85. The smallest absolute Gasteiger partial charge is 0.303 e. The summed E-state index contributed by atoms with van der Waals surface area (Å²) in [6, 6.07) is 4.69. The molecule has 0 amide bonds. The highest BCUT2D eigenvalue weighted by molar-refractivity contribution is 7.89. The monoisotopic (exact) mass is 317 g/mol. The fourth-order valence-electron chi connectivity index (χ4n) is 2.10. The minimum atomic E-state index is -3.83. The summed E-state index contributed by atoms with van der Waals surface area (Å²) >= 11 is 0. The van der Waals surface area contributed by atoms with Gasteiger partial charge in [0.1, 0.15) is 5.82 Å². The van der Waals surface area contributed by atoms with E-state index in [1.807, 2.05) is 13.8 Å². The second-order valence-electron chi connectivity index (χ2n) is 5.40. The second-order valence-corrected chi connectivity index (χ2v) is 7.17. The molecule has 0 aliphatic carbocycles. The van der Waals surface area contributed by atoms with E-state index < -0.39 is 21.8 Å². The first-order valence-electron chi connectivity index (χ1n) is 6.67. The average molecular weight is 317 g/mol. The molecule has 1 aromatic rings. The Labute approximate surface area is 124 Å². The van der Waals surface area contributed by atoms with Crippen molar-refractivity contribution in [3.05, 3.63) is 30.1 Å². The zero-order valence-electron chi connectivity index (χ0n) is 12.0. The molecule has 0 saturated carbocycles. The van der Waals surface area contributed by atoms with Gasteiger partial charge in [-0.3, -0.25) is 4.79 Å². The molecule has 0 spiro atoms. The number of benzene rings is 1. The molecule has 21 heavy (non-hydrogen) atoms. The standard InChI is InChI=1S/C14H20FNO4S/c1-10(2)6-11(7-14(17)18)9-16-21(19,20)13-5-3-4-12(15)8-13/h3-5,8,10-11,16H,6-7,9H2,1-2H3,(H,17,18)/t11-/m0/s1. The normalized spacial score (nSPS) is 13.3. The van der Waals surface area contributed by atoms with Crippen LogP contribution in [0.5, 0.6) is 0 Å². The molecule has 118 valence electrons. The van der Waals surface area contributed by atoms with Crippen molar-refractivity contribution >= 4 is 16.0 Å². The summed E-state index contributed by atoms with van der Waals surface area (Å²) in [4.78, 5) is 10.6. The maximum Gasteiger partial charge on any atom is 0.303 e. The predicted molar refractivity (Wildman–Crippen MR) is 76.8 cm³/mol. The van der Waals surface area contributed by atoms with Crippen LogP contribution < -0.4 is 4.72 Å². The van der Waals surface area contributed by atoms with E-state index in [-0.39, 0.29) is 29.7 Å². The first-order chi connectivity index (χ1) is 9.70.